The lowest BCUT2D eigenvalue weighted by Gasteiger charge is -2.06. The van der Waals surface area contributed by atoms with Crippen LogP contribution < -0.4 is 4.72 Å². The molecule has 0 fully saturated rings. The molecular formula is C12H15NO3S. The lowest BCUT2D eigenvalue weighted by atomic mass is 10.1. The molecule has 0 heterocycles. The average Bonchev–Trinajstić information content (AvgIpc) is 2.35. The second-order valence-corrected chi connectivity index (χ2v) is 5.21. The molecular weight excluding hydrogens is 238 g/mol. The van der Waals surface area contributed by atoms with Gasteiger partial charge in [0.1, 0.15) is 0 Å². The van der Waals surface area contributed by atoms with Gasteiger partial charge < -0.3 is 0 Å². The van der Waals surface area contributed by atoms with Gasteiger partial charge in [0, 0.05) is 18.5 Å². The van der Waals surface area contributed by atoms with Gasteiger partial charge in [-0.1, -0.05) is 25.1 Å². The number of rotatable bonds is 6. The van der Waals surface area contributed by atoms with Crippen molar-refractivity contribution in [3.8, 4) is 0 Å². The van der Waals surface area contributed by atoms with E-state index in [0.717, 1.165) is 0 Å². The summed E-state index contributed by atoms with van der Waals surface area (Å²) in [6.45, 7) is 5.33. The highest BCUT2D eigenvalue weighted by molar-refractivity contribution is 7.89. The molecule has 0 aromatic heterocycles. The van der Waals surface area contributed by atoms with Gasteiger partial charge in [0.25, 0.3) is 0 Å². The normalized spacial score (nSPS) is 11.1. The molecule has 0 saturated heterocycles. The second-order valence-electron chi connectivity index (χ2n) is 3.45. The molecule has 17 heavy (non-hydrogen) atoms. The van der Waals surface area contributed by atoms with Gasteiger partial charge >= 0.3 is 0 Å². The SMILES string of the molecule is C=CCNS(=O)(=O)c1cccc(C(=O)CC)c1. The summed E-state index contributed by atoms with van der Waals surface area (Å²) in [5.41, 5.74) is 0.411. The summed E-state index contributed by atoms with van der Waals surface area (Å²) in [6, 6.07) is 6.01. The Labute approximate surface area is 101 Å². The standard InChI is InChI=1S/C12H15NO3S/c1-3-8-13-17(15,16)11-7-5-6-10(9-11)12(14)4-2/h3,5-7,9,13H,1,4,8H2,2H3. The predicted octanol–water partition coefficient (Wildman–Crippen LogP) is 1.74. The van der Waals surface area contributed by atoms with Crippen LogP contribution in [0.2, 0.25) is 0 Å². The van der Waals surface area contributed by atoms with Crippen molar-refractivity contribution in [1.82, 2.24) is 4.72 Å². The van der Waals surface area contributed by atoms with E-state index in [9.17, 15) is 13.2 Å². The van der Waals surface area contributed by atoms with Crippen LogP contribution in [0.3, 0.4) is 0 Å². The maximum atomic E-state index is 11.8. The largest absolute Gasteiger partial charge is 0.294 e. The van der Waals surface area contributed by atoms with Gasteiger partial charge in [-0.15, -0.1) is 6.58 Å². The molecule has 92 valence electrons. The van der Waals surface area contributed by atoms with E-state index >= 15 is 0 Å². The number of hydrogen-bond donors (Lipinski definition) is 1. The first-order valence-corrected chi connectivity index (χ1v) is 6.73. The molecule has 0 unspecified atom stereocenters. The summed E-state index contributed by atoms with van der Waals surface area (Å²) in [5, 5.41) is 0. The minimum Gasteiger partial charge on any atom is -0.294 e. The average molecular weight is 253 g/mol. The molecule has 1 aromatic carbocycles. The summed E-state index contributed by atoms with van der Waals surface area (Å²) >= 11 is 0. The van der Waals surface area contributed by atoms with Crippen molar-refractivity contribution < 1.29 is 13.2 Å². The van der Waals surface area contributed by atoms with Crippen LogP contribution in [0.4, 0.5) is 0 Å². The highest BCUT2D eigenvalue weighted by atomic mass is 32.2. The molecule has 0 saturated carbocycles. The zero-order valence-corrected chi connectivity index (χ0v) is 10.5. The van der Waals surface area contributed by atoms with Crippen LogP contribution in [0.5, 0.6) is 0 Å². The zero-order chi connectivity index (χ0) is 12.9. The van der Waals surface area contributed by atoms with Gasteiger partial charge in [-0.25, -0.2) is 13.1 Å². The van der Waals surface area contributed by atoms with Crippen molar-refractivity contribution in [3.63, 3.8) is 0 Å². The maximum Gasteiger partial charge on any atom is 0.240 e. The minimum absolute atomic E-state index is 0.0780. The Hall–Kier alpha value is -1.46. The van der Waals surface area contributed by atoms with E-state index in [1.54, 1.807) is 19.1 Å². The number of hydrogen-bond acceptors (Lipinski definition) is 3. The van der Waals surface area contributed by atoms with Crippen LogP contribution in [0, 0.1) is 0 Å². The summed E-state index contributed by atoms with van der Waals surface area (Å²) < 4.78 is 25.9. The number of ketones is 1. The van der Waals surface area contributed by atoms with E-state index in [1.165, 1.54) is 18.2 Å². The van der Waals surface area contributed by atoms with E-state index in [4.69, 9.17) is 0 Å². The van der Waals surface area contributed by atoms with Crippen molar-refractivity contribution in [2.24, 2.45) is 0 Å². The third kappa shape index (κ3) is 3.51. The van der Waals surface area contributed by atoms with Gasteiger partial charge in [0.15, 0.2) is 5.78 Å². The third-order valence-corrected chi connectivity index (χ3v) is 3.63. The quantitative estimate of drug-likeness (QED) is 0.620. The number of benzene rings is 1. The van der Waals surface area contributed by atoms with Gasteiger partial charge in [0.2, 0.25) is 10.0 Å². The molecule has 1 aromatic rings. The molecule has 0 amide bonds. The molecule has 1 N–H and O–H groups in total. The van der Waals surface area contributed by atoms with Gasteiger partial charge in [0.05, 0.1) is 4.90 Å². The molecule has 0 aliphatic heterocycles. The first-order valence-electron chi connectivity index (χ1n) is 5.25. The second kappa shape index (κ2) is 5.75. The highest BCUT2D eigenvalue weighted by Gasteiger charge is 2.14. The van der Waals surface area contributed by atoms with E-state index in [-0.39, 0.29) is 17.2 Å². The van der Waals surface area contributed by atoms with Gasteiger partial charge in [-0.3, -0.25) is 4.79 Å². The fraction of sp³-hybridized carbons (Fsp3) is 0.250. The molecule has 5 heteroatoms. The Bertz CT molecular complexity index is 520. The van der Waals surface area contributed by atoms with Crippen LogP contribution >= 0.6 is 0 Å². The summed E-state index contributed by atoms with van der Waals surface area (Å²) in [6.07, 6.45) is 1.81. The van der Waals surface area contributed by atoms with Crippen LogP contribution in [0.25, 0.3) is 0 Å². The number of Topliss-reactive ketones (excluding diaryl/α,β-unsaturated/α-hetero) is 1. The van der Waals surface area contributed by atoms with Crippen molar-refractivity contribution in [2.75, 3.05) is 6.54 Å². The number of nitrogens with one attached hydrogen (secondary N) is 1. The lowest BCUT2D eigenvalue weighted by Crippen LogP contribution is -2.23. The van der Waals surface area contributed by atoms with Crippen molar-refractivity contribution in [3.05, 3.63) is 42.5 Å². The first kappa shape index (κ1) is 13.6. The zero-order valence-electron chi connectivity index (χ0n) is 9.64. The van der Waals surface area contributed by atoms with Crippen LogP contribution in [0.15, 0.2) is 41.8 Å². The number of sulfonamides is 1. The van der Waals surface area contributed by atoms with Crippen molar-refractivity contribution in [2.45, 2.75) is 18.2 Å². The molecule has 0 radical (unpaired) electrons. The van der Waals surface area contributed by atoms with Crippen LogP contribution in [-0.4, -0.2) is 20.7 Å². The summed E-state index contributed by atoms with van der Waals surface area (Å²) in [5.74, 6) is -0.0780. The smallest absolute Gasteiger partial charge is 0.240 e. The van der Waals surface area contributed by atoms with Crippen molar-refractivity contribution in [1.29, 1.82) is 0 Å². The molecule has 0 atom stereocenters. The Morgan fingerprint density at radius 1 is 1.47 bits per heavy atom. The van der Waals surface area contributed by atoms with E-state index < -0.39 is 10.0 Å². The molecule has 1 rings (SSSR count). The Morgan fingerprint density at radius 2 is 2.18 bits per heavy atom. The number of carbonyl (C=O) groups is 1. The van der Waals surface area contributed by atoms with Crippen molar-refractivity contribution >= 4 is 15.8 Å². The Morgan fingerprint density at radius 3 is 2.76 bits per heavy atom. The fourth-order valence-corrected chi connectivity index (χ4v) is 2.34. The third-order valence-electron chi connectivity index (χ3n) is 2.21. The van der Waals surface area contributed by atoms with Gasteiger partial charge in [-0.2, -0.15) is 0 Å². The van der Waals surface area contributed by atoms with Gasteiger partial charge in [-0.05, 0) is 12.1 Å². The Balaban J connectivity index is 3.07. The van der Waals surface area contributed by atoms with E-state index in [2.05, 4.69) is 11.3 Å². The number of carbonyl (C=O) groups excluding carboxylic acids is 1. The minimum atomic E-state index is -3.56. The maximum absolute atomic E-state index is 11.8. The summed E-state index contributed by atoms with van der Waals surface area (Å²) in [4.78, 5) is 11.6. The van der Waals surface area contributed by atoms with E-state index in [0.29, 0.717) is 12.0 Å². The molecule has 0 bridgehead atoms. The molecule has 0 aliphatic rings. The van der Waals surface area contributed by atoms with Crippen LogP contribution in [-0.2, 0) is 10.0 Å². The van der Waals surface area contributed by atoms with E-state index in [1.807, 2.05) is 0 Å². The molecule has 0 aliphatic carbocycles. The predicted molar refractivity (Wildman–Crippen MR) is 66.4 cm³/mol. The fourth-order valence-electron chi connectivity index (χ4n) is 1.29. The Kier molecular flexibility index (Phi) is 4.60. The highest BCUT2D eigenvalue weighted by Crippen LogP contribution is 2.12. The van der Waals surface area contributed by atoms with Crippen LogP contribution in [0.1, 0.15) is 23.7 Å². The molecule has 0 spiro atoms. The lowest BCUT2D eigenvalue weighted by molar-refractivity contribution is 0.0988. The topological polar surface area (TPSA) is 63.2 Å². The molecule has 4 nitrogen and oxygen atoms in total. The summed E-state index contributed by atoms with van der Waals surface area (Å²) in [7, 11) is -3.56. The monoisotopic (exact) mass is 253 g/mol. The first-order chi connectivity index (χ1) is 8.01.